The van der Waals surface area contributed by atoms with Crippen molar-refractivity contribution >= 4 is 25.7 Å². The Balaban J connectivity index is 4.55. The largest absolute Gasteiger partial charge is 0.480 e. The molecule has 12 heteroatoms. The maximum atomic E-state index is 12.6. The average Bonchev–Trinajstić information content (AvgIpc) is 3.17. The third-order valence-corrected chi connectivity index (χ3v) is 9.17. The Bertz CT molecular complexity index is 1270. The Morgan fingerprint density at radius 1 is 0.589 bits per heavy atom. The summed E-state index contributed by atoms with van der Waals surface area (Å²) in [6.45, 7) is 2.56. The van der Waals surface area contributed by atoms with Gasteiger partial charge in [0.15, 0.2) is 6.10 Å². The lowest BCUT2D eigenvalue weighted by Crippen LogP contribution is -2.34. The Hall–Kier alpha value is -3.34. The van der Waals surface area contributed by atoms with Gasteiger partial charge in [-0.2, -0.15) is 0 Å². The molecule has 0 aliphatic heterocycles. The summed E-state index contributed by atoms with van der Waals surface area (Å²) >= 11 is 0. The van der Waals surface area contributed by atoms with Crippen LogP contribution in [0.15, 0.2) is 85.1 Å². The molecule has 3 atom stereocenters. The number of unbranched alkanes of at least 4 members (excludes halogenated alkanes) is 12. The van der Waals surface area contributed by atoms with E-state index in [-0.39, 0.29) is 19.4 Å². The van der Waals surface area contributed by atoms with Crippen LogP contribution in [0.25, 0.3) is 0 Å². The molecule has 0 amide bonds. The molecular formula is C44H72NO10P. The smallest absolute Gasteiger partial charge is 0.472 e. The van der Waals surface area contributed by atoms with Crippen molar-refractivity contribution in [3.8, 4) is 0 Å². The first-order chi connectivity index (χ1) is 27.1. The highest BCUT2D eigenvalue weighted by Crippen LogP contribution is 2.43. The molecule has 0 heterocycles. The molecule has 0 aromatic carbocycles. The van der Waals surface area contributed by atoms with Crippen LogP contribution in [0, 0.1) is 0 Å². The summed E-state index contributed by atoms with van der Waals surface area (Å²) in [5, 5.41) is 8.88. The number of carbonyl (C=O) groups excluding carboxylic acids is 2. The number of carboxylic acids is 1. The number of rotatable bonds is 37. The van der Waals surface area contributed by atoms with Crippen LogP contribution in [0.4, 0.5) is 0 Å². The lowest BCUT2D eigenvalue weighted by Gasteiger charge is -2.20. The normalized spacial score (nSPS) is 14.6. The first kappa shape index (κ1) is 52.7. The van der Waals surface area contributed by atoms with Crippen LogP contribution in [0.3, 0.4) is 0 Å². The summed E-state index contributed by atoms with van der Waals surface area (Å²) in [4.78, 5) is 45.9. The van der Waals surface area contributed by atoms with Crippen LogP contribution >= 0.6 is 7.82 Å². The van der Waals surface area contributed by atoms with Crippen molar-refractivity contribution in [3.05, 3.63) is 85.1 Å². The number of nitrogens with two attached hydrogens (primary N) is 1. The minimum Gasteiger partial charge on any atom is -0.480 e. The monoisotopic (exact) mass is 805 g/mol. The zero-order valence-corrected chi connectivity index (χ0v) is 35.1. The van der Waals surface area contributed by atoms with Crippen LogP contribution in [-0.4, -0.2) is 59.9 Å². The van der Waals surface area contributed by atoms with Crippen LogP contribution in [0.2, 0.25) is 0 Å². The summed E-state index contributed by atoms with van der Waals surface area (Å²) in [6.07, 6.45) is 46.6. The third kappa shape index (κ3) is 37.6. The van der Waals surface area contributed by atoms with Crippen molar-refractivity contribution in [2.75, 3.05) is 19.8 Å². The first-order valence-electron chi connectivity index (χ1n) is 20.7. The maximum Gasteiger partial charge on any atom is 0.472 e. The number of hydrogen-bond donors (Lipinski definition) is 3. The number of hydrogen-bond acceptors (Lipinski definition) is 9. The van der Waals surface area contributed by atoms with E-state index in [1.807, 2.05) is 48.6 Å². The van der Waals surface area contributed by atoms with Gasteiger partial charge in [0.25, 0.3) is 0 Å². The second-order valence-corrected chi connectivity index (χ2v) is 14.9. The van der Waals surface area contributed by atoms with Gasteiger partial charge in [-0.15, -0.1) is 0 Å². The Labute approximate surface area is 337 Å². The molecule has 0 aromatic heterocycles. The van der Waals surface area contributed by atoms with Crippen LogP contribution in [-0.2, 0) is 37.5 Å². The van der Waals surface area contributed by atoms with E-state index in [4.69, 9.17) is 24.8 Å². The fourth-order valence-corrected chi connectivity index (χ4v) is 5.75. The summed E-state index contributed by atoms with van der Waals surface area (Å²) in [5.74, 6) is -2.49. The number of allylic oxidation sites excluding steroid dienone is 14. The molecule has 0 saturated carbocycles. The van der Waals surface area contributed by atoms with Gasteiger partial charge in [0.1, 0.15) is 12.6 Å². The van der Waals surface area contributed by atoms with Crippen molar-refractivity contribution in [2.45, 2.75) is 154 Å². The van der Waals surface area contributed by atoms with E-state index in [9.17, 15) is 23.8 Å². The van der Waals surface area contributed by atoms with Gasteiger partial charge in [0.05, 0.1) is 13.2 Å². The molecule has 0 rings (SSSR count). The predicted molar refractivity (Wildman–Crippen MR) is 226 cm³/mol. The lowest BCUT2D eigenvalue weighted by molar-refractivity contribution is -0.161. The Kier molecular flexibility index (Phi) is 36.2. The highest BCUT2D eigenvalue weighted by atomic mass is 31.2. The molecule has 56 heavy (non-hydrogen) atoms. The van der Waals surface area contributed by atoms with E-state index in [0.29, 0.717) is 19.3 Å². The minimum atomic E-state index is -4.74. The van der Waals surface area contributed by atoms with Crippen molar-refractivity contribution in [2.24, 2.45) is 5.73 Å². The van der Waals surface area contributed by atoms with E-state index in [1.54, 1.807) is 0 Å². The molecule has 11 nitrogen and oxygen atoms in total. The molecule has 4 N–H and O–H groups in total. The number of esters is 2. The number of phosphoric acid groups is 1. The summed E-state index contributed by atoms with van der Waals surface area (Å²) < 4.78 is 32.6. The molecule has 0 radical (unpaired) electrons. The van der Waals surface area contributed by atoms with Crippen LogP contribution in [0.5, 0.6) is 0 Å². The van der Waals surface area contributed by atoms with Gasteiger partial charge in [-0.1, -0.05) is 150 Å². The van der Waals surface area contributed by atoms with Crippen molar-refractivity contribution in [1.29, 1.82) is 0 Å². The van der Waals surface area contributed by atoms with Gasteiger partial charge in [-0.3, -0.25) is 23.4 Å². The van der Waals surface area contributed by atoms with Crippen molar-refractivity contribution in [3.63, 3.8) is 0 Å². The number of carboxylic acid groups (broad SMARTS) is 1. The van der Waals surface area contributed by atoms with Crippen molar-refractivity contribution < 1.29 is 47.5 Å². The topological polar surface area (TPSA) is 172 Å². The molecule has 318 valence electrons. The lowest BCUT2D eigenvalue weighted by atomic mass is 10.1. The number of phosphoric ester groups is 1. The van der Waals surface area contributed by atoms with Crippen LogP contribution < -0.4 is 5.73 Å². The Morgan fingerprint density at radius 2 is 1.09 bits per heavy atom. The molecule has 0 bridgehead atoms. The molecule has 0 aliphatic carbocycles. The highest BCUT2D eigenvalue weighted by Gasteiger charge is 2.28. The summed E-state index contributed by atoms with van der Waals surface area (Å²) in [6, 6.07) is -1.54. The summed E-state index contributed by atoms with van der Waals surface area (Å²) in [7, 11) is -4.74. The van der Waals surface area contributed by atoms with E-state index < -0.39 is 51.1 Å². The third-order valence-electron chi connectivity index (χ3n) is 8.22. The summed E-state index contributed by atoms with van der Waals surface area (Å²) in [5.41, 5.74) is 5.32. The van der Waals surface area contributed by atoms with E-state index in [1.165, 1.54) is 38.5 Å². The maximum absolute atomic E-state index is 12.6. The zero-order chi connectivity index (χ0) is 41.4. The molecular weight excluding hydrogens is 733 g/mol. The first-order valence-corrected chi connectivity index (χ1v) is 22.2. The molecule has 0 aliphatic rings. The van der Waals surface area contributed by atoms with Gasteiger partial charge < -0.3 is 25.2 Å². The van der Waals surface area contributed by atoms with E-state index in [2.05, 4.69) is 54.8 Å². The number of aliphatic carboxylic acids is 1. The van der Waals surface area contributed by atoms with Gasteiger partial charge in [-0.05, 0) is 64.2 Å². The highest BCUT2D eigenvalue weighted by molar-refractivity contribution is 7.47. The quantitative estimate of drug-likeness (QED) is 0.0179. The van der Waals surface area contributed by atoms with Gasteiger partial charge >= 0.3 is 25.7 Å². The molecule has 0 spiro atoms. The second kappa shape index (κ2) is 38.5. The SMILES string of the molecule is CC/C=C/C=C/C=C/C=C/CCCCCCCC(=O)OC[C@H](COP(=O)(O)OC[C@H](N)C(=O)O)OC(=O)CCC/C=C/C/C=C/C/C=C/CCCCCCCC. The fourth-order valence-electron chi connectivity index (χ4n) is 4.97. The predicted octanol–water partition coefficient (Wildman–Crippen LogP) is 10.7. The minimum absolute atomic E-state index is 0.0789. The average molecular weight is 806 g/mol. The Morgan fingerprint density at radius 3 is 1.71 bits per heavy atom. The molecule has 1 unspecified atom stereocenters. The van der Waals surface area contributed by atoms with E-state index in [0.717, 1.165) is 57.8 Å². The molecule has 0 aromatic rings. The second-order valence-electron chi connectivity index (χ2n) is 13.5. The van der Waals surface area contributed by atoms with Gasteiger partial charge in [0, 0.05) is 12.8 Å². The van der Waals surface area contributed by atoms with Crippen molar-refractivity contribution in [1.82, 2.24) is 0 Å². The van der Waals surface area contributed by atoms with Gasteiger partial charge in [-0.25, -0.2) is 4.57 Å². The zero-order valence-electron chi connectivity index (χ0n) is 34.2. The standard InChI is InChI=1S/C44H72NO10P/c1-3-5-7-9-11-13-15-17-19-20-22-24-26-28-30-32-34-36-43(47)55-40(38-53-56(50,51)54-39-41(45)44(48)49)37-52-42(46)35-33-31-29-27-25-23-21-18-16-14-12-10-8-6-4-2/h6,8,10,12,14,16-19,21-22,24,28,30,40-41H,3-5,7,9,11,13,15,20,23,25-27,29,31-39,45H2,1-2H3,(H,48,49)(H,50,51)/b8-6+,12-10+,16-14+,19-17+,21-18+,24-22+,30-28+/t40-,41+/m1/s1. The van der Waals surface area contributed by atoms with Crippen LogP contribution in [0.1, 0.15) is 142 Å². The molecule has 0 fully saturated rings. The number of carbonyl (C=O) groups is 3. The van der Waals surface area contributed by atoms with Gasteiger partial charge in [0.2, 0.25) is 0 Å². The molecule has 0 saturated heterocycles. The van der Waals surface area contributed by atoms with E-state index >= 15 is 0 Å². The fraction of sp³-hybridized carbons (Fsp3) is 0.614. The number of ether oxygens (including phenoxy) is 2.